The van der Waals surface area contributed by atoms with Crippen LogP contribution in [0.1, 0.15) is 80.9 Å². The molecule has 0 spiro atoms. The number of carbonyl (C=O) groups excluding carboxylic acids is 4. The maximum absolute atomic E-state index is 12.8. The molecule has 4 N–H and O–H groups in total. The Hall–Kier alpha value is -3.84. The summed E-state index contributed by atoms with van der Waals surface area (Å²) in [5.74, 6) is -0.916. The summed E-state index contributed by atoms with van der Waals surface area (Å²) in [5, 5.41) is 0. The number of anilines is 2. The fourth-order valence-corrected chi connectivity index (χ4v) is 6.02. The van der Waals surface area contributed by atoms with Crippen molar-refractivity contribution in [2.45, 2.75) is 95.7 Å². The molecule has 0 aromatic heterocycles. The molecule has 4 amide bonds. The molecule has 1 aliphatic rings. The van der Waals surface area contributed by atoms with Gasteiger partial charge in [-0.1, -0.05) is 43.2 Å². The predicted octanol–water partition coefficient (Wildman–Crippen LogP) is 4.13. The van der Waals surface area contributed by atoms with Gasteiger partial charge in [0.25, 0.3) is 5.91 Å². The maximum Gasteiger partial charge on any atom is 0.252 e. The van der Waals surface area contributed by atoms with Gasteiger partial charge in [0.2, 0.25) is 18.2 Å². The van der Waals surface area contributed by atoms with E-state index in [2.05, 4.69) is 30.3 Å². The second-order valence-corrected chi connectivity index (χ2v) is 13.5. The number of nitrogens with zero attached hydrogens (tertiary/aromatic N) is 3. The minimum absolute atomic E-state index is 0.186. The molecule has 1 aliphatic heterocycles. The van der Waals surface area contributed by atoms with Crippen LogP contribution in [-0.4, -0.2) is 95.3 Å². The molecule has 51 heavy (non-hydrogen) atoms. The molecule has 12 heteroatoms. The number of hydrogen-bond acceptors (Lipinski definition) is 9. The number of unbranched alkanes of at least 4 members (excludes halogenated alkanes) is 3. The Morgan fingerprint density at radius 1 is 0.863 bits per heavy atom. The largest absolute Gasteiger partial charge is 0.381 e. The quantitative estimate of drug-likeness (QED) is 0.0833. The molecule has 0 aliphatic carbocycles. The van der Waals surface area contributed by atoms with Gasteiger partial charge in [0.15, 0.2) is 0 Å². The van der Waals surface area contributed by atoms with E-state index in [4.69, 9.17) is 25.7 Å². The second kappa shape index (κ2) is 22.9. The van der Waals surface area contributed by atoms with E-state index in [1.54, 1.807) is 0 Å². The fourth-order valence-electron chi connectivity index (χ4n) is 6.02. The number of amides is 4. The molecule has 3 rings (SSSR count). The summed E-state index contributed by atoms with van der Waals surface area (Å²) in [7, 11) is 5.30. The van der Waals surface area contributed by atoms with Gasteiger partial charge in [0.1, 0.15) is 6.04 Å². The number of benzene rings is 2. The molecule has 0 radical (unpaired) electrons. The van der Waals surface area contributed by atoms with Gasteiger partial charge >= 0.3 is 0 Å². The third-order valence-corrected chi connectivity index (χ3v) is 9.09. The van der Waals surface area contributed by atoms with E-state index >= 15 is 0 Å². The third-order valence-electron chi connectivity index (χ3n) is 9.09. The molecular weight excluding hydrogens is 650 g/mol. The molecular formula is C39H59N5O7. The Balaban J connectivity index is 1.20. The van der Waals surface area contributed by atoms with Crippen LogP contribution < -0.4 is 21.3 Å². The van der Waals surface area contributed by atoms with Crippen molar-refractivity contribution in [2.24, 2.45) is 11.5 Å². The first-order valence-electron chi connectivity index (χ1n) is 18.3. The number of hydrogen-bond donors (Lipinski definition) is 2. The van der Waals surface area contributed by atoms with Crippen LogP contribution in [0.3, 0.4) is 0 Å². The molecule has 2 atom stereocenters. The summed E-state index contributed by atoms with van der Waals surface area (Å²) in [6, 6.07) is 13.5. The van der Waals surface area contributed by atoms with Gasteiger partial charge < -0.3 is 35.5 Å². The first kappa shape index (κ1) is 41.6. The highest BCUT2D eigenvalue weighted by Crippen LogP contribution is 2.32. The van der Waals surface area contributed by atoms with Crippen LogP contribution in [0.4, 0.5) is 11.4 Å². The summed E-state index contributed by atoms with van der Waals surface area (Å²) in [6.07, 6.45) is 10.1. The molecule has 1 unspecified atom stereocenters. The van der Waals surface area contributed by atoms with Crippen molar-refractivity contribution in [3.63, 3.8) is 0 Å². The first-order valence-corrected chi connectivity index (χ1v) is 18.3. The maximum atomic E-state index is 12.8. The van der Waals surface area contributed by atoms with E-state index in [9.17, 15) is 19.2 Å². The van der Waals surface area contributed by atoms with E-state index in [1.807, 2.05) is 31.1 Å². The van der Waals surface area contributed by atoms with Crippen LogP contribution in [-0.2, 0) is 52.8 Å². The predicted molar refractivity (Wildman–Crippen MR) is 199 cm³/mol. The summed E-state index contributed by atoms with van der Waals surface area (Å²) >= 11 is 0. The Kier molecular flexibility index (Phi) is 18.6. The smallest absolute Gasteiger partial charge is 0.252 e. The molecule has 12 nitrogen and oxygen atoms in total. The van der Waals surface area contributed by atoms with E-state index in [0.29, 0.717) is 44.8 Å². The van der Waals surface area contributed by atoms with Gasteiger partial charge in [-0.25, -0.2) is 0 Å². The van der Waals surface area contributed by atoms with Crippen LogP contribution in [0, 0.1) is 0 Å². The van der Waals surface area contributed by atoms with Crippen molar-refractivity contribution in [1.82, 2.24) is 4.90 Å². The Morgan fingerprint density at radius 2 is 1.45 bits per heavy atom. The monoisotopic (exact) mass is 709 g/mol. The van der Waals surface area contributed by atoms with Crippen molar-refractivity contribution >= 4 is 35.5 Å². The van der Waals surface area contributed by atoms with Gasteiger partial charge in [-0.15, -0.1) is 0 Å². The van der Waals surface area contributed by atoms with Crippen molar-refractivity contribution in [3.8, 4) is 0 Å². The van der Waals surface area contributed by atoms with Gasteiger partial charge in [-0.3, -0.25) is 24.1 Å². The molecule has 0 bridgehead atoms. The van der Waals surface area contributed by atoms with Crippen LogP contribution >= 0.6 is 0 Å². The van der Waals surface area contributed by atoms with Crippen LogP contribution in [0.2, 0.25) is 0 Å². The third kappa shape index (κ3) is 14.7. The highest BCUT2D eigenvalue weighted by Gasteiger charge is 2.36. The number of aryl methyl sites for hydroxylation is 2. The number of likely N-dealkylation sites (N-methyl/N-ethyl adjacent to an activating group) is 1. The second-order valence-electron chi connectivity index (χ2n) is 13.5. The number of ether oxygens (including phenoxy) is 3. The number of rotatable bonds is 26. The molecule has 2 aromatic rings. The number of primary amides is 1. The van der Waals surface area contributed by atoms with Crippen molar-refractivity contribution in [3.05, 3.63) is 59.2 Å². The van der Waals surface area contributed by atoms with Crippen LogP contribution in [0.5, 0.6) is 0 Å². The zero-order valence-corrected chi connectivity index (χ0v) is 30.9. The van der Waals surface area contributed by atoms with Gasteiger partial charge in [0.05, 0.1) is 24.6 Å². The average Bonchev–Trinajstić information content (AvgIpc) is 3.12. The lowest BCUT2D eigenvalue weighted by Gasteiger charge is -2.35. The lowest BCUT2D eigenvalue weighted by molar-refractivity contribution is -0.147. The Labute approximate surface area is 303 Å². The Morgan fingerprint density at radius 3 is 2.06 bits per heavy atom. The van der Waals surface area contributed by atoms with Crippen molar-refractivity contribution < 1.29 is 33.4 Å². The van der Waals surface area contributed by atoms with Gasteiger partial charge in [-0.2, -0.15) is 0 Å². The first-order chi connectivity index (χ1) is 24.6. The summed E-state index contributed by atoms with van der Waals surface area (Å²) < 4.78 is 17.4. The summed E-state index contributed by atoms with van der Waals surface area (Å²) in [4.78, 5) is 52.2. The van der Waals surface area contributed by atoms with Crippen molar-refractivity contribution in [2.75, 3.05) is 64.0 Å². The zero-order chi connectivity index (χ0) is 37.0. The highest BCUT2D eigenvalue weighted by atomic mass is 16.5. The fraction of sp³-hybridized carbons (Fsp3) is 0.590. The lowest BCUT2D eigenvalue weighted by Crippen LogP contribution is -2.53. The molecule has 282 valence electrons. The van der Waals surface area contributed by atoms with Crippen molar-refractivity contribution in [1.29, 1.82) is 0 Å². The van der Waals surface area contributed by atoms with Crippen LogP contribution in [0.15, 0.2) is 42.5 Å². The minimum atomic E-state index is -0.691. The summed E-state index contributed by atoms with van der Waals surface area (Å²) in [6.45, 7) is 3.87. The topological polar surface area (TPSA) is 158 Å². The van der Waals surface area contributed by atoms with Crippen LogP contribution in [0.25, 0.3) is 0 Å². The normalized spacial score (nSPS) is 15.2. The summed E-state index contributed by atoms with van der Waals surface area (Å²) in [5.41, 5.74) is 16.1. The average molecular weight is 710 g/mol. The number of piperidine rings is 1. The minimum Gasteiger partial charge on any atom is -0.381 e. The molecule has 0 saturated carbocycles. The standard InChI is InChI=1S/C39H59N5O7/c1-42(2)36-26-31(16-18-34(36)44(29-45)35-19-21-38(47)43(3)39(35)48)11-9-25-50-23-7-5-4-6-22-49-24-8-10-30-12-14-32(15-13-30)27-51-28-33(40)17-20-37(41)46/h12-16,18,26,29,33,35H,4-11,17,19-25,27-28,40H2,1-3H3,(H2,41,46)/t33-,35?/m0/s1. The molecule has 1 heterocycles. The lowest BCUT2D eigenvalue weighted by atomic mass is 10.0. The molecule has 1 fully saturated rings. The Bertz CT molecular complexity index is 1370. The van der Waals surface area contributed by atoms with E-state index in [1.165, 1.54) is 17.5 Å². The van der Waals surface area contributed by atoms with E-state index < -0.39 is 6.04 Å². The number of nitrogens with two attached hydrogens (primary N) is 2. The number of likely N-dealkylation sites (tertiary alicyclic amines) is 1. The van der Waals surface area contributed by atoms with E-state index in [0.717, 1.165) is 92.9 Å². The SMILES string of the molecule is CN1C(=O)CCC(N(C=O)c2ccc(CCCOCCCCCCOCCCc3ccc(COC[C@@H](N)CCC(N)=O)cc3)cc2N(C)C)C1=O. The number of carbonyl (C=O) groups is 4. The number of imide groups is 1. The van der Waals surface area contributed by atoms with E-state index in [-0.39, 0.29) is 36.6 Å². The molecule has 2 aromatic carbocycles. The highest BCUT2D eigenvalue weighted by molar-refractivity contribution is 6.04. The van der Waals surface area contributed by atoms with Gasteiger partial charge in [0, 0.05) is 66.5 Å². The zero-order valence-electron chi connectivity index (χ0n) is 30.9. The molecule has 1 saturated heterocycles. The van der Waals surface area contributed by atoms with Gasteiger partial charge in [-0.05, 0) is 80.2 Å².